The van der Waals surface area contributed by atoms with Crippen molar-refractivity contribution in [3.63, 3.8) is 0 Å². The molecule has 2 heterocycles. The van der Waals surface area contributed by atoms with E-state index >= 15 is 0 Å². The zero-order valence-corrected chi connectivity index (χ0v) is 13.9. The highest BCUT2D eigenvalue weighted by Crippen LogP contribution is 2.19. The van der Waals surface area contributed by atoms with Crippen LogP contribution in [0.25, 0.3) is 0 Å². The van der Waals surface area contributed by atoms with Crippen LogP contribution in [0.2, 0.25) is 0 Å². The van der Waals surface area contributed by atoms with Gasteiger partial charge in [0.15, 0.2) is 10.7 Å². The number of nitrogens with one attached hydrogen (secondary N) is 1. The molecule has 0 aliphatic rings. The van der Waals surface area contributed by atoms with Crippen LogP contribution in [0, 0.1) is 13.8 Å². The van der Waals surface area contributed by atoms with Crippen molar-refractivity contribution in [3.05, 3.63) is 35.3 Å². The van der Waals surface area contributed by atoms with Crippen LogP contribution in [0.15, 0.2) is 32.8 Å². The van der Waals surface area contributed by atoms with Crippen molar-refractivity contribution in [2.24, 2.45) is 0 Å². The third-order valence-corrected chi connectivity index (χ3v) is 5.15. The number of nitrogens with zero attached hydrogens (tertiary/aromatic N) is 2. The predicted molar refractivity (Wildman–Crippen MR) is 81.3 cm³/mol. The quantitative estimate of drug-likeness (QED) is 0.829. The fourth-order valence-electron chi connectivity index (χ4n) is 1.84. The van der Waals surface area contributed by atoms with Crippen molar-refractivity contribution in [3.8, 4) is 0 Å². The molecule has 118 valence electrons. The fourth-order valence-corrected chi connectivity index (χ4v) is 3.73. The van der Waals surface area contributed by atoms with Crippen LogP contribution in [-0.4, -0.2) is 30.2 Å². The van der Waals surface area contributed by atoms with Crippen LogP contribution in [0.3, 0.4) is 0 Å². The van der Waals surface area contributed by atoms with Crippen molar-refractivity contribution >= 4 is 27.7 Å². The highest BCUT2D eigenvalue weighted by molar-refractivity contribution is 7.99. The lowest BCUT2D eigenvalue weighted by molar-refractivity contribution is 0.0981. The second-order valence-electron chi connectivity index (χ2n) is 4.41. The summed E-state index contributed by atoms with van der Waals surface area (Å²) in [7, 11) is -4.03. The van der Waals surface area contributed by atoms with Gasteiger partial charge in [0.1, 0.15) is 5.69 Å². The second-order valence-corrected chi connectivity index (χ2v) is 7.31. The first-order chi connectivity index (χ1) is 10.3. The maximum absolute atomic E-state index is 12.2. The van der Waals surface area contributed by atoms with Gasteiger partial charge in [-0.05, 0) is 31.7 Å². The van der Waals surface area contributed by atoms with Gasteiger partial charge >= 0.3 is 0 Å². The van der Waals surface area contributed by atoms with Crippen LogP contribution < -0.4 is 4.72 Å². The number of carbonyl (C=O) groups excluding carboxylic acids is 1. The molecule has 2 rings (SSSR count). The van der Waals surface area contributed by atoms with E-state index in [9.17, 15) is 13.2 Å². The summed E-state index contributed by atoms with van der Waals surface area (Å²) in [5, 5.41) is 4.34. The molecule has 0 aliphatic heterocycles. The average molecular weight is 341 g/mol. The summed E-state index contributed by atoms with van der Waals surface area (Å²) >= 11 is 1.53. The number of carbonyl (C=O) groups is 1. The molecule has 2 aromatic rings. The third-order valence-electron chi connectivity index (χ3n) is 2.75. The maximum atomic E-state index is 12.2. The number of aromatic nitrogens is 2. The summed E-state index contributed by atoms with van der Waals surface area (Å²) in [6.45, 7) is 4.95. The van der Waals surface area contributed by atoms with Crippen LogP contribution in [-0.2, 0) is 10.0 Å². The lowest BCUT2D eigenvalue weighted by Crippen LogP contribution is -2.31. The topological polar surface area (TPSA) is 102 Å². The zero-order chi connectivity index (χ0) is 16.3. The molecule has 0 saturated heterocycles. The Bertz CT molecular complexity index is 763. The normalized spacial score (nSPS) is 11.4. The molecule has 0 spiro atoms. The van der Waals surface area contributed by atoms with E-state index in [1.807, 2.05) is 11.6 Å². The van der Waals surface area contributed by atoms with Crippen molar-refractivity contribution < 1.29 is 17.7 Å². The summed E-state index contributed by atoms with van der Waals surface area (Å²) in [5.74, 6) is 0.241. The van der Waals surface area contributed by atoms with Crippen molar-refractivity contribution in [1.82, 2.24) is 14.9 Å². The molecular weight excluding hydrogens is 326 g/mol. The Labute approximate surface area is 132 Å². The molecular formula is C13H15N3O4S2. The SMILES string of the molecule is CCSc1ccc(C(=O)NS(=O)(=O)c2c(C)noc2C)cn1. The fraction of sp³-hybridized carbons (Fsp3) is 0.308. The molecule has 0 aromatic carbocycles. The number of sulfonamides is 1. The van der Waals surface area contributed by atoms with E-state index in [0.29, 0.717) is 0 Å². The molecule has 0 aliphatic carbocycles. The molecule has 0 saturated carbocycles. The smallest absolute Gasteiger partial charge is 0.269 e. The summed E-state index contributed by atoms with van der Waals surface area (Å²) in [4.78, 5) is 16.0. The molecule has 9 heteroatoms. The van der Waals surface area contributed by atoms with Gasteiger partial charge in [0.05, 0.1) is 10.6 Å². The van der Waals surface area contributed by atoms with Gasteiger partial charge < -0.3 is 4.52 Å². The Hall–Kier alpha value is -1.87. The minimum absolute atomic E-state index is 0.119. The van der Waals surface area contributed by atoms with Gasteiger partial charge in [-0.3, -0.25) is 4.79 Å². The molecule has 1 N–H and O–H groups in total. The summed E-state index contributed by atoms with van der Waals surface area (Å²) in [5.41, 5.74) is 0.362. The monoisotopic (exact) mass is 341 g/mol. The molecule has 2 aromatic heterocycles. The molecule has 0 fully saturated rings. The van der Waals surface area contributed by atoms with Crippen LogP contribution in [0.1, 0.15) is 28.7 Å². The Morgan fingerprint density at radius 1 is 1.36 bits per heavy atom. The zero-order valence-electron chi connectivity index (χ0n) is 12.3. The molecule has 0 bridgehead atoms. The highest BCUT2D eigenvalue weighted by atomic mass is 32.2. The Morgan fingerprint density at radius 2 is 2.09 bits per heavy atom. The molecule has 0 radical (unpaired) electrons. The summed E-state index contributed by atoms with van der Waals surface area (Å²) in [6.07, 6.45) is 1.34. The maximum Gasteiger partial charge on any atom is 0.269 e. The van der Waals surface area contributed by atoms with E-state index in [0.717, 1.165) is 10.8 Å². The minimum atomic E-state index is -4.03. The predicted octanol–water partition coefficient (Wildman–Crippen LogP) is 1.92. The van der Waals surface area contributed by atoms with Crippen molar-refractivity contribution in [2.75, 3.05) is 5.75 Å². The second kappa shape index (κ2) is 6.49. The number of hydrogen-bond donors (Lipinski definition) is 1. The van der Waals surface area contributed by atoms with Gasteiger partial charge in [-0.25, -0.2) is 18.1 Å². The standard InChI is InChI=1S/C13H15N3O4S2/c1-4-21-11-6-5-10(7-14-11)13(17)16-22(18,19)12-8(2)15-20-9(12)3/h5-7H,4H2,1-3H3,(H,16,17). The van der Waals surface area contributed by atoms with Gasteiger partial charge in [0.2, 0.25) is 0 Å². The van der Waals surface area contributed by atoms with E-state index < -0.39 is 15.9 Å². The molecule has 7 nitrogen and oxygen atoms in total. The number of thioether (sulfide) groups is 1. The lowest BCUT2D eigenvalue weighted by Gasteiger charge is -2.06. The number of aryl methyl sites for hydroxylation is 2. The van der Waals surface area contributed by atoms with Gasteiger partial charge in [0, 0.05) is 6.20 Å². The average Bonchev–Trinajstić information content (AvgIpc) is 2.79. The van der Waals surface area contributed by atoms with Gasteiger partial charge in [-0.15, -0.1) is 11.8 Å². The molecule has 22 heavy (non-hydrogen) atoms. The third kappa shape index (κ3) is 3.47. The first-order valence-corrected chi connectivity index (χ1v) is 8.91. The van der Waals surface area contributed by atoms with E-state index in [-0.39, 0.29) is 21.9 Å². The number of amides is 1. The largest absolute Gasteiger partial charge is 0.360 e. The van der Waals surface area contributed by atoms with Crippen LogP contribution in [0.5, 0.6) is 0 Å². The number of rotatable bonds is 5. The molecule has 0 unspecified atom stereocenters. The number of hydrogen-bond acceptors (Lipinski definition) is 7. The van der Waals surface area contributed by atoms with E-state index in [4.69, 9.17) is 4.52 Å². The summed E-state index contributed by atoms with van der Waals surface area (Å²) < 4.78 is 31.3. The van der Waals surface area contributed by atoms with Crippen LogP contribution >= 0.6 is 11.8 Å². The van der Waals surface area contributed by atoms with Gasteiger partial charge in [-0.1, -0.05) is 12.1 Å². The molecule has 0 atom stereocenters. The lowest BCUT2D eigenvalue weighted by atomic mass is 10.3. The number of pyridine rings is 1. The Kier molecular flexibility index (Phi) is 4.87. The first-order valence-electron chi connectivity index (χ1n) is 6.44. The Balaban J connectivity index is 2.21. The highest BCUT2D eigenvalue weighted by Gasteiger charge is 2.26. The van der Waals surface area contributed by atoms with Gasteiger partial charge in [0.25, 0.3) is 15.9 Å². The first kappa shape index (κ1) is 16.5. The minimum Gasteiger partial charge on any atom is -0.360 e. The Morgan fingerprint density at radius 3 is 2.59 bits per heavy atom. The van der Waals surface area contributed by atoms with E-state index in [2.05, 4.69) is 10.1 Å². The van der Waals surface area contributed by atoms with Gasteiger partial charge in [-0.2, -0.15) is 0 Å². The van der Waals surface area contributed by atoms with E-state index in [1.165, 1.54) is 37.9 Å². The molecule has 1 amide bonds. The van der Waals surface area contributed by atoms with Crippen LogP contribution in [0.4, 0.5) is 0 Å². The summed E-state index contributed by atoms with van der Waals surface area (Å²) in [6, 6.07) is 3.20. The van der Waals surface area contributed by atoms with E-state index in [1.54, 1.807) is 6.07 Å². The van der Waals surface area contributed by atoms with Crippen molar-refractivity contribution in [1.29, 1.82) is 0 Å². The van der Waals surface area contributed by atoms with Crippen molar-refractivity contribution in [2.45, 2.75) is 30.7 Å².